The van der Waals surface area contributed by atoms with Crippen molar-refractivity contribution in [3.63, 3.8) is 0 Å². The molecule has 0 unspecified atom stereocenters. The van der Waals surface area contributed by atoms with Crippen molar-refractivity contribution in [2.75, 3.05) is 13.7 Å². The molecule has 0 saturated heterocycles. The summed E-state index contributed by atoms with van der Waals surface area (Å²) in [7, 11) is 1.52. The van der Waals surface area contributed by atoms with Crippen molar-refractivity contribution >= 4 is 29.5 Å². The van der Waals surface area contributed by atoms with E-state index in [0.29, 0.717) is 34.3 Å². The molecule has 1 aliphatic rings. The maximum atomic E-state index is 12.2. The zero-order chi connectivity index (χ0) is 18.5. The fourth-order valence-electron chi connectivity index (χ4n) is 2.40. The number of hydrogen-bond donors (Lipinski definition) is 0. The van der Waals surface area contributed by atoms with E-state index in [1.54, 1.807) is 36.4 Å². The van der Waals surface area contributed by atoms with Gasteiger partial charge in [-0.3, -0.25) is 0 Å². The van der Waals surface area contributed by atoms with E-state index in [0.717, 1.165) is 0 Å². The smallest absolute Gasteiger partial charge is 0.363 e. The third-order valence-corrected chi connectivity index (χ3v) is 3.82. The van der Waals surface area contributed by atoms with Gasteiger partial charge in [-0.05, 0) is 30.3 Å². The topological polar surface area (TPSA) is 57.1 Å². The van der Waals surface area contributed by atoms with E-state index < -0.39 is 5.97 Å². The predicted octanol–water partition coefficient (Wildman–Crippen LogP) is 4.26. The average molecular weight is 370 g/mol. The molecule has 1 heterocycles. The van der Waals surface area contributed by atoms with E-state index in [1.165, 1.54) is 7.11 Å². The Kier molecular flexibility index (Phi) is 5.39. The Balaban J connectivity index is 1.98. The minimum atomic E-state index is -0.555. The van der Waals surface area contributed by atoms with Crippen LogP contribution in [0.4, 0.5) is 0 Å². The molecule has 0 aromatic heterocycles. The number of benzene rings is 2. The average Bonchev–Trinajstić information content (AvgIpc) is 3.01. The standard InChI is InChI=1S/C20H16ClNO4/c1-3-10-25-17-7-5-4-6-13(17)11-16-20(23)26-19(22-16)15-12-14(21)8-9-18(15)24-2/h3-9,11-12H,1,10H2,2H3/b16-11-. The Bertz CT molecular complexity index is 918. The number of cyclic esters (lactones) is 1. The fourth-order valence-corrected chi connectivity index (χ4v) is 2.57. The van der Waals surface area contributed by atoms with Gasteiger partial charge in [0.2, 0.25) is 5.90 Å². The van der Waals surface area contributed by atoms with Crippen LogP contribution >= 0.6 is 11.6 Å². The van der Waals surface area contributed by atoms with Gasteiger partial charge in [-0.1, -0.05) is 42.5 Å². The monoisotopic (exact) mass is 369 g/mol. The van der Waals surface area contributed by atoms with Gasteiger partial charge in [0.1, 0.15) is 18.1 Å². The second-order valence-electron chi connectivity index (χ2n) is 5.32. The van der Waals surface area contributed by atoms with Gasteiger partial charge in [0.25, 0.3) is 0 Å². The summed E-state index contributed by atoms with van der Waals surface area (Å²) in [5.74, 6) is 0.722. The van der Waals surface area contributed by atoms with Crippen LogP contribution in [0.15, 0.2) is 65.8 Å². The van der Waals surface area contributed by atoms with E-state index >= 15 is 0 Å². The highest BCUT2D eigenvalue weighted by Crippen LogP contribution is 2.29. The maximum Gasteiger partial charge on any atom is 0.363 e. The number of rotatable bonds is 6. The lowest BCUT2D eigenvalue weighted by atomic mass is 10.1. The number of carbonyl (C=O) groups excluding carboxylic acids is 1. The van der Waals surface area contributed by atoms with Crippen molar-refractivity contribution in [1.82, 2.24) is 0 Å². The Morgan fingerprint density at radius 1 is 1.23 bits per heavy atom. The van der Waals surface area contributed by atoms with Crippen LogP contribution in [0.2, 0.25) is 5.02 Å². The molecule has 2 aromatic rings. The number of esters is 1. The van der Waals surface area contributed by atoms with Crippen LogP contribution < -0.4 is 9.47 Å². The molecule has 6 heteroatoms. The first kappa shape index (κ1) is 17.8. The summed E-state index contributed by atoms with van der Waals surface area (Å²) in [4.78, 5) is 16.5. The van der Waals surface area contributed by atoms with Crippen LogP contribution in [0.3, 0.4) is 0 Å². The number of carbonyl (C=O) groups is 1. The summed E-state index contributed by atoms with van der Waals surface area (Å²) in [5, 5.41) is 0.486. The fraction of sp³-hybridized carbons (Fsp3) is 0.100. The lowest BCUT2D eigenvalue weighted by Crippen LogP contribution is -2.07. The van der Waals surface area contributed by atoms with E-state index in [2.05, 4.69) is 11.6 Å². The number of aliphatic imine (C=N–C) groups is 1. The van der Waals surface area contributed by atoms with Crippen LogP contribution in [-0.2, 0) is 9.53 Å². The third-order valence-electron chi connectivity index (χ3n) is 3.58. The molecule has 0 fully saturated rings. The Morgan fingerprint density at radius 2 is 2.04 bits per heavy atom. The predicted molar refractivity (Wildman–Crippen MR) is 101 cm³/mol. The second-order valence-corrected chi connectivity index (χ2v) is 5.75. The molecule has 3 rings (SSSR count). The van der Waals surface area contributed by atoms with Crippen molar-refractivity contribution in [2.24, 2.45) is 4.99 Å². The van der Waals surface area contributed by atoms with E-state index in [1.807, 2.05) is 18.2 Å². The molecule has 132 valence electrons. The molecule has 0 bridgehead atoms. The van der Waals surface area contributed by atoms with Crippen molar-refractivity contribution in [3.8, 4) is 11.5 Å². The van der Waals surface area contributed by atoms with E-state index in [4.69, 9.17) is 25.8 Å². The van der Waals surface area contributed by atoms with Gasteiger partial charge in [-0.15, -0.1) is 0 Å². The van der Waals surface area contributed by atoms with Crippen LogP contribution in [0, 0.1) is 0 Å². The zero-order valence-corrected chi connectivity index (χ0v) is 14.8. The van der Waals surface area contributed by atoms with Crippen LogP contribution in [0.5, 0.6) is 11.5 Å². The number of para-hydroxylation sites is 1. The maximum absolute atomic E-state index is 12.2. The Hall–Kier alpha value is -3.05. The first-order valence-electron chi connectivity index (χ1n) is 7.81. The number of hydrogen-bond acceptors (Lipinski definition) is 5. The van der Waals surface area contributed by atoms with Gasteiger partial charge in [-0.2, -0.15) is 0 Å². The van der Waals surface area contributed by atoms with Crippen molar-refractivity contribution in [3.05, 3.63) is 77.0 Å². The lowest BCUT2D eigenvalue weighted by molar-refractivity contribution is -0.129. The van der Waals surface area contributed by atoms with Gasteiger partial charge in [0.05, 0.1) is 12.7 Å². The number of ether oxygens (including phenoxy) is 3. The highest BCUT2D eigenvalue weighted by molar-refractivity contribution is 6.31. The molecule has 0 saturated carbocycles. The third kappa shape index (κ3) is 3.78. The minimum Gasteiger partial charge on any atom is -0.496 e. The van der Waals surface area contributed by atoms with E-state index in [-0.39, 0.29) is 11.6 Å². The van der Waals surface area contributed by atoms with Gasteiger partial charge in [0.15, 0.2) is 5.70 Å². The molecule has 0 atom stereocenters. The normalized spacial score (nSPS) is 14.8. The summed E-state index contributed by atoms with van der Waals surface area (Å²) < 4.78 is 16.2. The largest absolute Gasteiger partial charge is 0.496 e. The molecule has 0 N–H and O–H groups in total. The van der Waals surface area contributed by atoms with Crippen molar-refractivity contribution < 1.29 is 19.0 Å². The molecule has 5 nitrogen and oxygen atoms in total. The van der Waals surface area contributed by atoms with Gasteiger partial charge >= 0.3 is 5.97 Å². The molecule has 0 aliphatic carbocycles. The zero-order valence-electron chi connectivity index (χ0n) is 14.1. The quantitative estimate of drug-likeness (QED) is 0.433. The molecule has 0 radical (unpaired) electrons. The summed E-state index contributed by atoms with van der Waals surface area (Å²) >= 11 is 6.03. The van der Waals surface area contributed by atoms with E-state index in [9.17, 15) is 4.79 Å². The molecule has 26 heavy (non-hydrogen) atoms. The summed E-state index contributed by atoms with van der Waals surface area (Å²) in [6.07, 6.45) is 3.26. The molecular weight excluding hydrogens is 354 g/mol. The molecule has 1 aliphatic heterocycles. The SMILES string of the molecule is C=CCOc1ccccc1/C=C1\N=C(c2cc(Cl)ccc2OC)OC1=O. The molecular formula is C20H16ClNO4. The van der Waals surface area contributed by atoms with Crippen LogP contribution in [0.25, 0.3) is 6.08 Å². The summed E-state index contributed by atoms with van der Waals surface area (Å²) in [5.41, 5.74) is 1.38. The van der Waals surface area contributed by atoms with Crippen molar-refractivity contribution in [1.29, 1.82) is 0 Å². The Morgan fingerprint density at radius 3 is 2.81 bits per heavy atom. The number of methoxy groups -OCH3 is 1. The van der Waals surface area contributed by atoms with Crippen LogP contribution in [-0.4, -0.2) is 25.6 Å². The first-order chi connectivity index (χ1) is 12.6. The summed E-state index contributed by atoms with van der Waals surface area (Å²) in [6, 6.07) is 12.3. The first-order valence-corrected chi connectivity index (χ1v) is 8.19. The van der Waals surface area contributed by atoms with Gasteiger partial charge in [-0.25, -0.2) is 9.79 Å². The van der Waals surface area contributed by atoms with Gasteiger partial charge in [0, 0.05) is 10.6 Å². The van der Waals surface area contributed by atoms with Crippen molar-refractivity contribution in [2.45, 2.75) is 0 Å². The lowest BCUT2D eigenvalue weighted by Gasteiger charge is -2.07. The molecule has 2 aromatic carbocycles. The number of halogens is 1. The molecule has 0 amide bonds. The van der Waals surface area contributed by atoms with Crippen LogP contribution in [0.1, 0.15) is 11.1 Å². The minimum absolute atomic E-state index is 0.144. The summed E-state index contributed by atoms with van der Waals surface area (Å²) in [6.45, 7) is 3.99. The highest BCUT2D eigenvalue weighted by atomic mass is 35.5. The highest BCUT2D eigenvalue weighted by Gasteiger charge is 2.26. The molecule has 0 spiro atoms. The second kappa shape index (κ2) is 7.89. The Labute approximate surface area is 156 Å². The van der Waals surface area contributed by atoms with Gasteiger partial charge < -0.3 is 14.2 Å². The number of nitrogens with zero attached hydrogens (tertiary/aromatic N) is 1.